The van der Waals surface area contributed by atoms with Gasteiger partial charge in [-0.25, -0.2) is 0 Å². The van der Waals surface area contributed by atoms with Crippen LogP contribution in [0.15, 0.2) is 0 Å². The number of carbonyl (C=O) groups is 1. The maximum absolute atomic E-state index is 11.4. The quantitative estimate of drug-likeness (QED) is 0.617. The fraction of sp³-hybridized carbons (Fsp3) is 0.875. The third-order valence-electron chi connectivity index (χ3n) is 2.03. The van der Waals surface area contributed by atoms with Gasteiger partial charge in [0.2, 0.25) is 5.91 Å². The van der Waals surface area contributed by atoms with E-state index in [2.05, 4.69) is 29.8 Å². The van der Waals surface area contributed by atoms with Gasteiger partial charge in [0.25, 0.3) is 0 Å². The monoisotopic (exact) mass is 219 g/mol. The standard InChI is InChI=1S/C8H14BrNO/c1-6(2)10-5-3-4-7(9)8(10)11/h6-7H,3-5H2,1-2H3. The zero-order valence-corrected chi connectivity index (χ0v) is 8.60. The van der Waals surface area contributed by atoms with Crippen molar-refractivity contribution >= 4 is 21.8 Å². The van der Waals surface area contributed by atoms with Crippen molar-refractivity contribution in [1.29, 1.82) is 0 Å². The van der Waals surface area contributed by atoms with E-state index in [0.717, 1.165) is 19.4 Å². The topological polar surface area (TPSA) is 20.3 Å². The van der Waals surface area contributed by atoms with E-state index in [1.807, 2.05) is 4.90 Å². The summed E-state index contributed by atoms with van der Waals surface area (Å²) in [7, 11) is 0. The highest BCUT2D eigenvalue weighted by atomic mass is 79.9. The fourth-order valence-electron chi connectivity index (χ4n) is 1.37. The van der Waals surface area contributed by atoms with E-state index in [4.69, 9.17) is 0 Å². The van der Waals surface area contributed by atoms with Gasteiger partial charge in [0.15, 0.2) is 0 Å². The highest BCUT2D eigenvalue weighted by molar-refractivity contribution is 9.10. The van der Waals surface area contributed by atoms with Gasteiger partial charge in [-0.2, -0.15) is 0 Å². The molecule has 0 aromatic rings. The van der Waals surface area contributed by atoms with E-state index in [-0.39, 0.29) is 10.7 Å². The molecule has 1 fully saturated rings. The molecule has 2 nitrogen and oxygen atoms in total. The number of rotatable bonds is 1. The van der Waals surface area contributed by atoms with Crippen molar-refractivity contribution in [3.63, 3.8) is 0 Å². The van der Waals surface area contributed by atoms with Crippen LogP contribution >= 0.6 is 15.9 Å². The Bertz CT molecular complexity index is 158. The van der Waals surface area contributed by atoms with Crippen LogP contribution in [-0.2, 0) is 4.79 Å². The lowest BCUT2D eigenvalue weighted by molar-refractivity contribution is -0.134. The van der Waals surface area contributed by atoms with Gasteiger partial charge >= 0.3 is 0 Å². The number of hydrogen-bond donors (Lipinski definition) is 0. The third-order valence-corrected chi connectivity index (χ3v) is 2.88. The summed E-state index contributed by atoms with van der Waals surface area (Å²) in [6.45, 7) is 5.05. The second-order valence-corrected chi connectivity index (χ2v) is 4.34. The van der Waals surface area contributed by atoms with Crippen molar-refractivity contribution in [2.75, 3.05) is 6.54 Å². The molecule has 1 aliphatic heterocycles. The van der Waals surface area contributed by atoms with E-state index >= 15 is 0 Å². The molecular formula is C8H14BrNO. The van der Waals surface area contributed by atoms with Gasteiger partial charge in [-0.05, 0) is 26.7 Å². The summed E-state index contributed by atoms with van der Waals surface area (Å²) in [4.78, 5) is 13.4. The van der Waals surface area contributed by atoms with E-state index in [9.17, 15) is 4.79 Å². The van der Waals surface area contributed by atoms with E-state index in [1.54, 1.807) is 0 Å². The molecule has 1 rings (SSSR count). The number of nitrogens with zero attached hydrogens (tertiary/aromatic N) is 1. The number of halogens is 1. The van der Waals surface area contributed by atoms with Crippen molar-refractivity contribution in [2.24, 2.45) is 0 Å². The van der Waals surface area contributed by atoms with E-state index < -0.39 is 0 Å². The van der Waals surface area contributed by atoms with Gasteiger partial charge in [-0.1, -0.05) is 15.9 Å². The molecule has 0 bridgehead atoms. The van der Waals surface area contributed by atoms with Gasteiger partial charge in [0.1, 0.15) is 0 Å². The molecule has 1 atom stereocenters. The lowest BCUT2D eigenvalue weighted by Gasteiger charge is -2.32. The minimum atomic E-state index is 0.0682. The maximum atomic E-state index is 11.4. The predicted octanol–water partition coefficient (Wildman–Crippen LogP) is 1.78. The Labute approximate surface area is 76.1 Å². The van der Waals surface area contributed by atoms with Crippen molar-refractivity contribution in [2.45, 2.75) is 37.6 Å². The molecule has 0 aromatic heterocycles. The van der Waals surface area contributed by atoms with Crippen LogP contribution in [0.5, 0.6) is 0 Å². The number of piperidine rings is 1. The normalized spacial score (nSPS) is 26.4. The van der Waals surface area contributed by atoms with Gasteiger partial charge < -0.3 is 4.90 Å². The highest BCUT2D eigenvalue weighted by Crippen LogP contribution is 2.19. The molecule has 64 valence electrons. The third kappa shape index (κ3) is 1.95. The summed E-state index contributed by atoms with van der Waals surface area (Å²) in [6.07, 6.45) is 2.11. The molecule has 3 heteroatoms. The minimum absolute atomic E-state index is 0.0682. The Balaban J connectivity index is 2.58. The fourth-order valence-corrected chi connectivity index (χ4v) is 1.95. The van der Waals surface area contributed by atoms with Crippen LogP contribution in [-0.4, -0.2) is 28.2 Å². The van der Waals surface area contributed by atoms with Crippen molar-refractivity contribution in [3.05, 3.63) is 0 Å². The zero-order valence-electron chi connectivity index (χ0n) is 7.01. The average molecular weight is 220 g/mol. The van der Waals surface area contributed by atoms with Gasteiger partial charge in [0, 0.05) is 12.6 Å². The first kappa shape index (κ1) is 9.04. The maximum Gasteiger partial charge on any atom is 0.236 e. The largest absolute Gasteiger partial charge is 0.339 e. The van der Waals surface area contributed by atoms with Gasteiger partial charge in [-0.3, -0.25) is 4.79 Å². The predicted molar refractivity (Wildman–Crippen MR) is 48.8 cm³/mol. The SMILES string of the molecule is CC(C)N1CCCC(Br)C1=O. The van der Waals surface area contributed by atoms with Crippen LogP contribution in [0.25, 0.3) is 0 Å². The van der Waals surface area contributed by atoms with Crippen LogP contribution in [0, 0.1) is 0 Å². The Hall–Kier alpha value is -0.0500. The number of likely N-dealkylation sites (tertiary alicyclic amines) is 1. The van der Waals surface area contributed by atoms with E-state index in [1.165, 1.54) is 0 Å². The molecule has 1 unspecified atom stereocenters. The van der Waals surface area contributed by atoms with Gasteiger partial charge in [-0.15, -0.1) is 0 Å². The summed E-state index contributed by atoms with van der Waals surface area (Å²) in [6, 6.07) is 0.350. The number of alkyl halides is 1. The molecule has 1 saturated heterocycles. The highest BCUT2D eigenvalue weighted by Gasteiger charge is 2.27. The van der Waals surface area contributed by atoms with Crippen LogP contribution in [0.3, 0.4) is 0 Å². The van der Waals surface area contributed by atoms with Crippen LogP contribution in [0.1, 0.15) is 26.7 Å². The minimum Gasteiger partial charge on any atom is -0.339 e. The van der Waals surface area contributed by atoms with Crippen LogP contribution < -0.4 is 0 Å². The molecule has 1 aliphatic rings. The van der Waals surface area contributed by atoms with Crippen molar-refractivity contribution in [1.82, 2.24) is 4.90 Å². The summed E-state index contributed by atoms with van der Waals surface area (Å²) >= 11 is 3.37. The number of hydrogen-bond acceptors (Lipinski definition) is 1. The van der Waals surface area contributed by atoms with Gasteiger partial charge in [0.05, 0.1) is 4.83 Å². The Morgan fingerprint density at radius 2 is 2.27 bits per heavy atom. The molecule has 0 spiro atoms. The number of amides is 1. The van der Waals surface area contributed by atoms with E-state index in [0.29, 0.717) is 6.04 Å². The molecular weight excluding hydrogens is 206 g/mol. The summed E-state index contributed by atoms with van der Waals surface area (Å²) < 4.78 is 0. The molecule has 0 N–H and O–H groups in total. The second-order valence-electron chi connectivity index (χ2n) is 3.24. The molecule has 1 heterocycles. The van der Waals surface area contributed by atoms with Crippen molar-refractivity contribution in [3.8, 4) is 0 Å². The Morgan fingerprint density at radius 3 is 2.73 bits per heavy atom. The number of carbonyl (C=O) groups excluding carboxylic acids is 1. The Morgan fingerprint density at radius 1 is 1.64 bits per heavy atom. The Kier molecular flexibility index (Phi) is 2.93. The smallest absolute Gasteiger partial charge is 0.236 e. The first-order valence-corrected chi connectivity index (χ1v) is 4.99. The van der Waals surface area contributed by atoms with Crippen LogP contribution in [0.4, 0.5) is 0 Å². The summed E-state index contributed by atoms with van der Waals surface area (Å²) in [5.74, 6) is 0.256. The zero-order chi connectivity index (χ0) is 8.43. The van der Waals surface area contributed by atoms with Crippen molar-refractivity contribution < 1.29 is 4.79 Å². The average Bonchev–Trinajstić information content (AvgIpc) is 1.94. The lowest BCUT2D eigenvalue weighted by Crippen LogP contribution is -2.45. The molecule has 0 aliphatic carbocycles. The molecule has 0 saturated carbocycles. The second kappa shape index (κ2) is 3.57. The first-order valence-electron chi connectivity index (χ1n) is 4.07. The first-order chi connectivity index (χ1) is 5.13. The molecule has 0 aromatic carbocycles. The molecule has 11 heavy (non-hydrogen) atoms. The molecule has 1 amide bonds. The summed E-state index contributed by atoms with van der Waals surface area (Å²) in [5.41, 5.74) is 0. The molecule has 0 radical (unpaired) electrons. The van der Waals surface area contributed by atoms with Crippen LogP contribution in [0.2, 0.25) is 0 Å². The summed E-state index contributed by atoms with van der Waals surface area (Å²) in [5, 5.41) is 0. The lowest BCUT2D eigenvalue weighted by atomic mass is 10.1.